The van der Waals surface area contributed by atoms with Crippen LogP contribution in [0.4, 0.5) is 20.3 Å². The first-order valence-corrected chi connectivity index (χ1v) is 15.6. The number of nitrogens with one attached hydrogen (secondary N) is 3. The third kappa shape index (κ3) is 5.81. The molecule has 0 aliphatic carbocycles. The average molecular weight is 632 g/mol. The van der Waals surface area contributed by atoms with E-state index in [2.05, 4.69) is 20.3 Å². The maximum atomic E-state index is 13.7. The Balaban J connectivity index is 1.49. The van der Waals surface area contributed by atoms with Crippen LogP contribution >= 0.6 is 0 Å². The molecule has 1 aliphatic heterocycles. The first kappa shape index (κ1) is 29.8. The summed E-state index contributed by atoms with van der Waals surface area (Å²) in [5.41, 5.74) is 2.69. The fourth-order valence-electron chi connectivity index (χ4n) is 5.13. The van der Waals surface area contributed by atoms with Crippen molar-refractivity contribution in [2.24, 2.45) is 0 Å². The van der Waals surface area contributed by atoms with Crippen molar-refractivity contribution in [2.45, 2.75) is 13.5 Å². The van der Waals surface area contributed by atoms with Gasteiger partial charge >= 0.3 is 0 Å². The van der Waals surface area contributed by atoms with Gasteiger partial charge in [0.05, 0.1) is 29.2 Å². The van der Waals surface area contributed by atoms with E-state index in [0.29, 0.717) is 27.9 Å². The van der Waals surface area contributed by atoms with E-state index in [0.717, 1.165) is 5.56 Å². The number of rotatable bonds is 8. The summed E-state index contributed by atoms with van der Waals surface area (Å²) in [6.07, 6.45) is 1.50. The lowest BCUT2D eigenvalue weighted by molar-refractivity contribution is 0.0745. The minimum Gasteiger partial charge on any atom is -0.455 e. The Hall–Kier alpha value is -5.30. The van der Waals surface area contributed by atoms with Crippen LogP contribution in [-0.2, 0) is 16.6 Å². The van der Waals surface area contributed by atoms with Gasteiger partial charge < -0.3 is 20.0 Å². The van der Waals surface area contributed by atoms with Crippen molar-refractivity contribution in [3.8, 4) is 22.5 Å². The zero-order chi connectivity index (χ0) is 31.9. The van der Waals surface area contributed by atoms with Crippen molar-refractivity contribution >= 4 is 44.3 Å². The highest BCUT2D eigenvalue weighted by Crippen LogP contribution is 2.41. The van der Waals surface area contributed by atoms with Gasteiger partial charge in [0.2, 0.25) is 10.0 Å². The molecule has 0 saturated heterocycles. The van der Waals surface area contributed by atoms with Gasteiger partial charge in [-0.2, -0.15) is 0 Å². The highest BCUT2D eigenvalue weighted by molar-refractivity contribution is 7.92. The van der Waals surface area contributed by atoms with Gasteiger partial charge in [-0.25, -0.2) is 22.2 Å². The SMILES string of the molecule is CCS(=O)(=O)Nc1cc2oc(-c3ccc(F)cc3)c(C(=O)NC)c2cc1-c1cnc2c(c1)C(=O)N(Cc1ccc(F)cc1)CN2. The second kappa shape index (κ2) is 11.7. The first-order chi connectivity index (χ1) is 21.6. The highest BCUT2D eigenvalue weighted by atomic mass is 32.2. The molecule has 3 N–H and O–H groups in total. The Morgan fingerprint density at radius 1 is 1.00 bits per heavy atom. The van der Waals surface area contributed by atoms with Gasteiger partial charge in [0.15, 0.2) is 0 Å². The van der Waals surface area contributed by atoms with Crippen LogP contribution in [0.3, 0.4) is 0 Å². The van der Waals surface area contributed by atoms with E-state index < -0.39 is 21.7 Å². The van der Waals surface area contributed by atoms with E-state index in [1.807, 2.05) is 0 Å². The molecule has 13 heteroatoms. The second-order valence-electron chi connectivity index (χ2n) is 10.4. The van der Waals surface area contributed by atoms with Crippen molar-refractivity contribution in [3.63, 3.8) is 0 Å². The van der Waals surface area contributed by atoms with Gasteiger partial charge in [0, 0.05) is 47.9 Å². The Kier molecular flexibility index (Phi) is 7.71. The number of hydrogen-bond donors (Lipinski definition) is 3. The zero-order valence-corrected chi connectivity index (χ0v) is 25.0. The number of hydrogen-bond acceptors (Lipinski definition) is 7. The number of nitrogens with zero attached hydrogens (tertiary/aromatic N) is 2. The number of halogens is 2. The Morgan fingerprint density at radius 2 is 1.69 bits per heavy atom. The molecule has 45 heavy (non-hydrogen) atoms. The lowest BCUT2D eigenvalue weighted by Gasteiger charge is -2.29. The normalized spacial score (nSPS) is 13.0. The van der Waals surface area contributed by atoms with Crippen LogP contribution in [0.2, 0.25) is 0 Å². The van der Waals surface area contributed by atoms with Crippen molar-refractivity contribution in [1.82, 2.24) is 15.2 Å². The smallest absolute Gasteiger partial charge is 0.259 e. The molecule has 10 nitrogen and oxygen atoms in total. The predicted molar refractivity (Wildman–Crippen MR) is 166 cm³/mol. The molecule has 3 heterocycles. The average Bonchev–Trinajstić information content (AvgIpc) is 3.41. The molecule has 0 spiro atoms. The van der Waals surface area contributed by atoms with Gasteiger partial charge in [0.1, 0.15) is 28.8 Å². The number of fused-ring (bicyclic) bond motifs is 2. The molecule has 1 aliphatic rings. The van der Waals surface area contributed by atoms with Crippen LogP contribution < -0.4 is 15.4 Å². The topological polar surface area (TPSA) is 134 Å². The van der Waals surface area contributed by atoms with Crippen molar-refractivity contribution < 1.29 is 31.2 Å². The molecule has 0 fully saturated rings. The number of anilines is 2. The van der Waals surface area contributed by atoms with E-state index in [9.17, 15) is 26.8 Å². The molecule has 0 unspecified atom stereocenters. The Labute approximate surface area is 257 Å². The van der Waals surface area contributed by atoms with Gasteiger partial charge in [-0.3, -0.25) is 14.3 Å². The Morgan fingerprint density at radius 3 is 2.36 bits per heavy atom. The number of pyridine rings is 1. The molecule has 230 valence electrons. The maximum absolute atomic E-state index is 13.7. The summed E-state index contributed by atoms with van der Waals surface area (Å²) in [6.45, 7) is 1.89. The van der Waals surface area contributed by atoms with Crippen molar-refractivity contribution in [1.29, 1.82) is 0 Å². The van der Waals surface area contributed by atoms with Crippen molar-refractivity contribution in [3.05, 3.63) is 101 Å². The minimum absolute atomic E-state index is 0.147. The molecule has 0 radical (unpaired) electrons. The lowest BCUT2D eigenvalue weighted by Crippen LogP contribution is -2.39. The number of furan rings is 1. The second-order valence-corrected chi connectivity index (χ2v) is 12.4. The monoisotopic (exact) mass is 631 g/mol. The summed E-state index contributed by atoms with van der Waals surface area (Å²) >= 11 is 0. The molecule has 2 aromatic heterocycles. The lowest BCUT2D eigenvalue weighted by atomic mass is 9.98. The summed E-state index contributed by atoms with van der Waals surface area (Å²) in [4.78, 5) is 32.7. The van der Waals surface area contributed by atoms with Crippen LogP contribution in [0.15, 0.2) is 77.3 Å². The molecular formula is C32H27F2N5O5S. The summed E-state index contributed by atoms with van der Waals surface area (Å²) in [7, 11) is -2.31. The fourth-order valence-corrected chi connectivity index (χ4v) is 5.78. The summed E-state index contributed by atoms with van der Waals surface area (Å²) in [5.74, 6) is -1.33. The van der Waals surface area contributed by atoms with E-state index in [-0.39, 0.29) is 58.8 Å². The number of benzene rings is 3. The number of carbonyl (C=O) groups excluding carboxylic acids is 2. The minimum atomic E-state index is -3.77. The predicted octanol–water partition coefficient (Wildman–Crippen LogP) is 5.59. The molecule has 5 aromatic rings. The van der Waals surface area contributed by atoms with Crippen LogP contribution in [0.1, 0.15) is 33.2 Å². The molecule has 2 amide bonds. The molecule has 6 rings (SSSR count). The van der Waals surface area contributed by atoms with Crippen molar-refractivity contribution in [2.75, 3.05) is 29.5 Å². The summed E-state index contributed by atoms with van der Waals surface area (Å²) in [6, 6.07) is 16.0. The van der Waals surface area contributed by atoms with E-state index in [1.165, 1.54) is 62.6 Å². The first-order valence-electron chi connectivity index (χ1n) is 13.9. The van der Waals surface area contributed by atoms with Crippen LogP contribution in [0, 0.1) is 11.6 Å². The van der Waals surface area contributed by atoms with Gasteiger partial charge in [-0.1, -0.05) is 12.1 Å². The summed E-state index contributed by atoms with van der Waals surface area (Å²) in [5, 5.41) is 6.08. The third-order valence-corrected chi connectivity index (χ3v) is 8.77. The van der Waals surface area contributed by atoms with Crippen LogP contribution in [0.25, 0.3) is 33.4 Å². The maximum Gasteiger partial charge on any atom is 0.259 e. The highest BCUT2D eigenvalue weighted by Gasteiger charge is 2.28. The van der Waals surface area contributed by atoms with E-state index in [4.69, 9.17) is 4.42 Å². The summed E-state index contributed by atoms with van der Waals surface area (Å²) < 4.78 is 61.2. The Bertz CT molecular complexity index is 2060. The molecule has 0 saturated carbocycles. The number of amides is 2. The number of carbonyl (C=O) groups is 2. The van der Waals surface area contributed by atoms with E-state index in [1.54, 1.807) is 29.2 Å². The zero-order valence-electron chi connectivity index (χ0n) is 24.1. The quantitative estimate of drug-likeness (QED) is 0.203. The molecular weight excluding hydrogens is 604 g/mol. The largest absolute Gasteiger partial charge is 0.455 e. The molecule has 3 aromatic carbocycles. The third-order valence-electron chi connectivity index (χ3n) is 7.47. The molecule has 0 bridgehead atoms. The number of aromatic nitrogens is 1. The van der Waals surface area contributed by atoms with Gasteiger partial charge in [-0.05, 0) is 61.0 Å². The van der Waals surface area contributed by atoms with Crippen LogP contribution in [0.5, 0.6) is 0 Å². The van der Waals surface area contributed by atoms with Gasteiger partial charge in [0.25, 0.3) is 11.8 Å². The van der Waals surface area contributed by atoms with E-state index >= 15 is 0 Å². The fraction of sp³-hybridized carbons (Fsp3) is 0.156. The number of sulfonamides is 1. The standard InChI is InChI=1S/C32H27F2N5O5S/c1-3-45(42,43)38-26-14-27-24(28(31(40)35-2)29(44-27)19-6-10-22(34)11-7-19)13-23(26)20-12-25-30(36-15-20)37-17-39(32(25)41)16-18-4-8-21(33)9-5-18/h4-15,38H,3,16-17H2,1-2H3,(H,35,40)(H,36,37). The molecule has 0 atom stereocenters. The van der Waals surface area contributed by atoms with Crippen LogP contribution in [-0.4, -0.2) is 49.6 Å². The van der Waals surface area contributed by atoms with Gasteiger partial charge in [-0.15, -0.1) is 0 Å².